The summed E-state index contributed by atoms with van der Waals surface area (Å²) in [4.78, 5) is 6.41. The van der Waals surface area contributed by atoms with Crippen molar-refractivity contribution in [3.63, 3.8) is 0 Å². The van der Waals surface area contributed by atoms with Gasteiger partial charge in [-0.05, 0) is 18.6 Å². The molecule has 1 saturated carbocycles. The molecule has 1 aliphatic carbocycles. The van der Waals surface area contributed by atoms with Gasteiger partial charge in [0.2, 0.25) is 0 Å². The van der Waals surface area contributed by atoms with E-state index >= 15 is 0 Å². The van der Waals surface area contributed by atoms with E-state index in [1.807, 2.05) is 11.9 Å². The van der Waals surface area contributed by atoms with Gasteiger partial charge in [-0.25, -0.2) is 4.39 Å². The van der Waals surface area contributed by atoms with Crippen LogP contribution < -0.4 is 10.1 Å². The molecule has 1 aromatic rings. The first-order valence-electron chi connectivity index (χ1n) is 8.88. The second-order valence-corrected chi connectivity index (χ2v) is 7.43. The summed E-state index contributed by atoms with van der Waals surface area (Å²) in [6.45, 7) is 6.34. The molecule has 2 fully saturated rings. The number of likely N-dealkylation sites (N-methyl/N-ethyl adjacent to an activating group) is 1. The quantitative estimate of drug-likeness (QED) is 0.402. The third kappa shape index (κ3) is 4.08. The number of rotatable bonds is 5. The summed E-state index contributed by atoms with van der Waals surface area (Å²) in [6.07, 6.45) is 1.45. The molecule has 7 heteroatoms. The Morgan fingerprint density at radius 2 is 2.15 bits per heavy atom. The van der Waals surface area contributed by atoms with Crippen molar-refractivity contribution >= 4 is 29.9 Å². The number of fused-ring (bicyclic) bond motifs is 1. The number of nitrogens with one attached hydrogen (secondary N) is 1. The van der Waals surface area contributed by atoms with E-state index in [1.165, 1.54) is 6.07 Å². The lowest BCUT2D eigenvalue weighted by Gasteiger charge is -2.55. The smallest absolute Gasteiger partial charge is 0.193 e. The van der Waals surface area contributed by atoms with Gasteiger partial charge >= 0.3 is 0 Å². The van der Waals surface area contributed by atoms with Crippen LogP contribution in [0.25, 0.3) is 0 Å². The SMILES string of the molecule is CN=C(NC1C2CCOC2C1(C)C)N(C)CCOc1ccccc1F.I. The van der Waals surface area contributed by atoms with Gasteiger partial charge < -0.3 is 19.7 Å². The minimum Gasteiger partial charge on any atom is -0.489 e. The molecule has 5 nitrogen and oxygen atoms in total. The molecule has 1 heterocycles. The number of hydrogen-bond acceptors (Lipinski definition) is 3. The van der Waals surface area contributed by atoms with Gasteiger partial charge in [0.05, 0.1) is 12.6 Å². The number of benzene rings is 1. The summed E-state index contributed by atoms with van der Waals surface area (Å²) in [6, 6.07) is 6.81. The molecule has 1 aromatic carbocycles. The molecular weight excluding hydrogens is 448 g/mol. The summed E-state index contributed by atoms with van der Waals surface area (Å²) in [5, 5.41) is 3.59. The Labute approximate surface area is 172 Å². The van der Waals surface area contributed by atoms with Crippen LogP contribution in [0.3, 0.4) is 0 Å². The standard InChI is InChI=1S/C19H28FN3O2.HI/c1-19(2)16(13-9-11-25-17(13)19)22-18(21-3)23(4)10-12-24-15-8-6-5-7-14(15)20;/h5-8,13,16-17H,9-12H2,1-4H3,(H,21,22);1H. The van der Waals surface area contributed by atoms with Crippen LogP contribution in [0.1, 0.15) is 20.3 Å². The Bertz CT molecular complexity index is 641. The van der Waals surface area contributed by atoms with Crippen LogP contribution in [0.15, 0.2) is 29.3 Å². The Hall–Kier alpha value is -1.09. The Balaban J connectivity index is 0.00000243. The van der Waals surface area contributed by atoms with E-state index in [2.05, 4.69) is 24.2 Å². The molecule has 0 aromatic heterocycles. The van der Waals surface area contributed by atoms with E-state index < -0.39 is 0 Å². The summed E-state index contributed by atoms with van der Waals surface area (Å²) in [5.74, 6) is 1.33. The molecule has 26 heavy (non-hydrogen) atoms. The lowest BCUT2D eigenvalue weighted by Crippen LogP contribution is -2.68. The fraction of sp³-hybridized carbons (Fsp3) is 0.632. The number of guanidine groups is 1. The van der Waals surface area contributed by atoms with Crippen molar-refractivity contribution in [2.24, 2.45) is 16.3 Å². The summed E-state index contributed by atoms with van der Waals surface area (Å²) >= 11 is 0. The largest absolute Gasteiger partial charge is 0.489 e. The van der Waals surface area contributed by atoms with Crippen LogP contribution in [0.2, 0.25) is 0 Å². The predicted octanol–water partition coefficient (Wildman–Crippen LogP) is 3.14. The highest BCUT2D eigenvalue weighted by molar-refractivity contribution is 14.0. The van der Waals surface area contributed by atoms with Gasteiger partial charge in [0.25, 0.3) is 0 Å². The monoisotopic (exact) mass is 477 g/mol. The molecule has 0 radical (unpaired) electrons. The van der Waals surface area contributed by atoms with Crippen LogP contribution in [0.5, 0.6) is 5.75 Å². The predicted molar refractivity (Wildman–Crippen MR) is 112 cm³/mol. The first-order chi connectivity index (χ1) is 11.9. The van der Waals surface area contributed by atoms with Crippen molar-refractivity contribution in [1.29, 1.82) is 0 Å². The van der Waals surface area contributed by atoms with Crippen molar-refractivity contribution in [1.82, 2.24) is 10.2 Å². The number of aliphatic imine (C=N–C) groups is 1. The number of ether oxygens (including phenoxy) is 2. The maximum atomic E-state index is 13.6. The molecular formula is C19H29FIN3O2. The van der Waals surface area contributed by atoms with Crippen molar-refractivity contribution in [3.05, 3.63) is 30.1 Å². The first-order valence-corrected chi connectivity index (χ1v) is 8.88. The molecule has 0 bridgehead atoms. The fourth-order valence-electron chi connectivity index (χ4n) is 4.06. The molecule has 146 valence electrons. The normalized spacial score (nSPS) is 26.3. The lowest BCUT2D eigenvalue weighted by atomic mass is 9.57. The van der Waals surface area contributed by atoms with E-state index in [4.69, 9.17) is 9.47 Å². The van der Waals surface area contributed by atoms with Crippen molar-refractivity contribution in [2.45, 2.75) is 32.4 Å². The van der Waals surface area contributed by atoms with Crippen molar-refractivity contribution in [2.75, 3.05) is 33.9 Å². The minimum atomic E-state index is -0.337. The van der Waals surface area contributed by atoms with Crippen molar-refractivity contribution < 1.29 is 13.9 Å². The number of nitrogens with zero attached hydrogens (tertiary/aromatic N) is 2. The number of para-hydroxylation sites is 1. The van der Waals surface area contributed by atoms with Gasteiger partial charge in [-0.2, -0.15) is 0 Å². The third-order valence-electron chi connectivity index (χ3n) is 5.48. The van der Waals surface area contributed by atoms with Crippen LogP contribution >= 0.6 is 24.0 Å². The molecule has 0 spiro atoms. The third-order valence-corrected chi connectivity index (χ3v) is 5.48. The van der Waals surface area contributed by atoms with E-state index in [0.717, 1.165) is 19.0 Å². The average molecular weight is 477 g/mol. The maximum Gasteiger partial charge on any atom is 0.193 e. The first kappa shape index (κ1) is 21.2. The van der Waals surface area contributed by atoms with Crippen LogP contribution in [-0.2, 0) is 4.74 Å². The summed E-state index contributed by atoms with van der Waals surface area (Å²) in [5.41, 5.74) is 0.0988. The van der Waals surface area contributed by atoms with E-state index in [-0.39, 0.29) is 41.0 Å². The number of halogens is 2. The van der Waals surface area contributed by atoms with Gasteiger partial charge in [-0.3, -0.25) is 4.99 Å². The van der Waals surface area contributed by atoms with E-state index in [9.17, 15) is 4.39 Å². The maximum absolute atomic E-state index is 13.6. The Kier molecular flexibility index (Phi) is 7.12. The molecule has 1 aliphatic heterocycles. The molecule has 1 N–H and O–H groups in total. The van der Waals surface area contributed by atoms with Gasteiger partial charge in [0.1, 0.15) is 6.61 Å². The Morgan fingerprint density at radius 1 is 1.42 bits per heavy atom. The highest BCUT2D eigenvalue weighted by atomic mass is 127. The van der Waals surface area contributed by atoms with Gasteiger partial charge in [-0.1, -0.05) is 26.0 Å². The van der Waals surface area contributed by atoms with Crippen LogP contribution in [-0.4, -0.2) is 56.9 Å². The Morgan fingerprint density at radius 3 is 2.85 bits per heavy atom. The summed E-state index contributed by atoms with van der Waals surface area (Å²) < 4.78 is 25.0. The molecule has 0 amide bonds. The van der Waals surface area contributed by atoms with Crippen LogP contribution in [0.4, 0.5) is 4.39 Å². The fourth-order valence-corrected chi connectivity index (χ4v) is 4.06. The number of hydrogen-bond donors (Lipinski definition) is 1. The minimum absolute atomic E-state index is 0. The van der Waals surface area contributed by atoms with Gasteiger partial charge in [-0.15, -0.1) is 24.0 Å². The van der Waals surface area contributed by atoms with Crippen molar-refractivity contribution in [3.8, 4) is 5.75 Å². The lowest BCUT2D eigenvalue weighted by molar-refractivity contribution is -0.107. The molecule has 3 unspecified atom stereocenters. The van der Waals surface area contributed by atoms with E-state index in [0.29, 0.717) is 31.2 Å². The average Bonchev–Trinajstić information content (AvgIpc) is 3.04. The zero-order valence-corrected chi connectivity index (χ0v) is 18.2. The summed E-state index contributed by atoms with van der Waals surface area (Å²) in [7, 11) is 3.75. The highest BCUT2D eigenvalue weighted by Gasteiger charge is 2.59. The van der Waals surface area contributed by atoms with Gasteiger partial charge in [0.15, 0.2) is 17.5 Å². The van der Waals surface area contributed by atoms with E-state index in [1.54, 1.807) is 25.2 Å². The highest BCUT2D eigenvalue weighted by Crippen LogP contribution is 2.52. The molecule has 2 aliphatic rings. The van der Waals surface area contributed by atoms with Gasteiger partial charge in [0, 0.05) is 38.1 Å². The molecule has 3 atom stereocenters. The molecule has 3 rings (SSSR count). The second kappa shape index (κ2) is 8.73. The zero-order chi connectivity index (χ0) is 18.0. The molecule has 1 saturated heterocycles. The topological polar surface area (TPSA) is 46.1 Å². The zero-order valence-electron chi connectivity index (χ0n) is 15.9. The van der Waals surface area contributed by atoms with Crippen LogP contribution in [0, 0.1) is 17.2 Å². The second-order valence-electron chi connectivity index (χ2n) is 7.43.